The van der Waals surface area contributed by atoms with Crippen molar-refractivity contribution in [2.75, 3.05) is 6.54 Å². The van der Waals surface area contributed by atoms with Gasteiger partial charge in [-0.05, 0) is 30.9 Å². The molecule has 15 heavy (non-hydrogen) atoms. The van der Waals surface area contributed by atoms with Crippen LogP contribution in [0.15, 0.2) is 23.2 Å². The third-order valence-electron chi connectivity index (χ3n) is 2.33. The second-order valence-corrected chi connectivity index (χ2v) is 4.23. The molecule has 1 N–H and O–H groups in total. The molecular weight excluding hydrogens is 186 g/mol. The van der Waals surface area contributed by atoms with Crippen LogP contribution < -0.4 is 0 Å². The molecule has 1 rings (SSSR count). The summed E-state index contributed by atoms with van der Waals surface area (Å²) in [4.78, 5) is 4.30. The number of phenols is 1. The maximum absolute atomic E-state index is 9.71. The summed E-state index contributed by atoms with van der Waals surface area (Å²) in [5.41, 5.74) is 1.70. The number of aromatic hydroxyl groups is 1. The van der Waals surface area contributed by atoms with Gasteiger partial charge in [-0.3, -0.25) is 4.99 Å². The Morgan fingerprint density at radius 1 is 1.40 bits per heavy atom. The highest BCUT2D eigenvalue weighted by atomic mass is 16.3. The van der Waals surface area contributed by atoms with Gasteiger partial charge in [-0.1, -0.05) is 26.0 Å². The van der Waals surface area contributed by atoms with Gasteiger partial charge in [0.2, 0.25) is 0 Å². The van der Waals surface area contributed by atoms with E-state index in [1.807, 2.05) is 25.1 Å². The van der Waals surface area contributed by atoms with E-state index in [2.05, 4.69) is 18.8 Å². The first-order valence-electron chi connectivity index (χ1n) is 5.39. The van der Waals surface area contributed by atoms with Crippen molar-refractivity contribution in [3.05, 3.63) is 29.3 Å². The van der Waals surface area contributed by atoms with Crippen molar-refractivity contribution in [1.29, 1.82) is 0 Å². The van der Waals surface area contributed by atoms with Crippen molar-refractivity contribution >= 4 is 6.21 Å². The normalized spacial score (nSPS) is 11.5. The molecule has 0 bridgehead atoms. The number of phenolic OH excluding ortho intramolecular Hbond substituents is 1. The van der Waals surface area contributed by atoms with E-state index in [1.165, 1.54) is 0 Å². The molecule has 2 nitrogen and oxygen atoms in total. The molecule has 0 heterocycles. The van der Waals surface area contributed by atoms with Gasteiger partial charge >= 0.3 is 0 Å². The van der Waals surface area contributed by atoms with E-state index in [0.717, 1.165) is 24.1 Å². The number of aliphatic imine (C=N–C) groups is 1. The Morgan fingerprint density at radius 3 is 2.80 bits per heavy atom. The zero-order valence-electron chi connectivity index (χ0n) is 9.70. The van der Waals surface area contributed by atoms with E-state index in [4.69, 9.17) is 0 Å². The molecule has 0 aliphatic carbocycles. The second-order valence-electron chi connectivity index (χ2n) is 4.23. The molecule has 0 radical (unpaired) electrons. The Hall–Kier alpha value is -1.31. The van der Waals surface area contributed by atoms with Crippen LogP contribution in [0.2, 0.25) is 0 Å². The van der Waals surface area contributed by atoms with Gasteiger partial charge in [0.15, 0.2) is 0 Å². The lowest BCUT2D eigenvalue weighted by Crippen LogP contribution is -1.92. The van der Waals surface area contributed by atoms with Crippen LogP contribution >= 0.6 is 0 Å². The van der Waals surface area contributed by atoms with E-state index in [-0.39, 0.29) is 0 Å². The lowest BCUT2D eigenvalue weighted by molar-refractivity contribution is 0.470. The SMILES string of the molecule is Cc1cccc(C=NCCC(C)C)c1O. The lowest BCUT2D eigenvalue weighted by atomic mass is 10.1. The Balaban J connectivity index is 2.60. The van der Waals surface area contributed by atoms with Crippen molar-refractivity contribution in [3.63, 3.8) is 0 Å². The van der Waals surface area contributed by atoms with Crippen molar-refractivity contribution in [3.8, 4) is 5.75 Å². The monoisotopic (exact) mass is 205 g/mol. The number of hydrogen-bond acceptors (Lipinski definition) is 2. The van der Waals surface area contributed by atoms with Crippen molar-refractivity contribution in [2.24, 2.45) is 10.9 Å². The van der Waals surface area contributed by atoms with Crippen LogP contribution in [-0.4, -0.2) is 17.9 Å². The van der Waals surface area contributed by atoms with Crippen LogP contribution in [0, 0.1) is 12.8 Å². The van der Waals surface area contributed by atoms with Crippen molar-refractivity contribution in [1.82, 2.24) is 0 Å². The molecule has 0 unspecified atom stereocenters. The van der Waals surface area contributed by atoms with Gasteiger partial charge in [-0.15, -0.1) is 0 Å². The largest absolute Gasteiger partial charge is 0.507 e. The Morgan fingerprint density at radius 2 is 2.13 bits per heavy atom. The number of benzene rings is 1. The Labute approximate surface area is 91.7 Å². The molecule has 1 aromatic rings. The third-order valence-corrected chi connectivity index (χ3v) is 2.33. The summed E-state index contributed by atoms with van der Waals surface area (Å²) in [6, 6.07) is 5.70. The quantitative estimate of drug-likeness (QED) is 0.752. The molecule has 0 fully saturated rings. The predicted molar refractivity (Wildman–Crippen MR) is 64.8 cm³/mol. The molecule has 0 saturated heterocycles. The van der Waals surface area contributed by atoms with E-state index in [1.54, 1.807) is 6.21 Å². The number of nitrogens with zero attached hydrogens (tertiary/aromatic N) is 1. The van der Waals surface area contributed by atoms with Crippen molar-refractivity contribution in [2.45, 2.75) is 27.2 Å². The highest BCUT2D eigenvalue weighted by Crippen LogP contribution is 2.19. The molecule has 0 aromatic heterocycles. The first-order chi connectivity index (χ1) is 7.11. The van der Waals surface area contributed by atoms with Gasteiger partial charge in [0.25, 0.3) is 0 Å². The van der Waals surface area contributed by atoms with E-state index in [9.17, 15) is 5.11 Å². The topological polar surface area (TPSA) is 32.6 Å². The number of hydrogen-bond donors (Lipinski definition) is 1. The van der Waals surface area contributed by atoms with Crippen LogP contribution in [0.5, 0.6) is 5.75 Å². The maximum Gasteiger partial charge on any atom is 0.127 e. The second kappa shape index (κ2) is 5.54. The third kappa shape index (κ3) is 3.74. The van der Waals surface area contributed by atoms with Gasteiger partial charge in [-0.2, -0.15) is 0 Å². The minimum Gasteiger partial charge on any atom is -0.507 e. The molecule has 0 amide bonds. The number of aryl methyl sites for hydroxylation is 1. The van der Waals surface area contributed by atoms with Crippen LogP contribution in [-0.2, 0) is 0 Å². The number of rotatable bonds is 4. The van der Waals surface area contributed by atoms with Gasteiger partial charge in [0, 0.05) is 18.3 Å². The van der Waals surface area contributed by atoms with Gasteiger partial charge in [-0.25, -0.2) is 0 Å². The summed E-state index contributed by atoms with van der Waals surface area (Å²) in [6.07, 6.45) is 2.84. The van der Waals surface area contributed by atoms with Crippen LogP contribution in [0.4, 0.5) is 0 Å². The first-order valence-corrected chi connectivity index (χ1v) is 5.39. The molecule has 82 valence electrons. The van der Waals surface area contributed by atoms with Crippen LogP contribution in [0.25, 0.3) is 0 Å². The molecule has 0 saturated carbocycles. The highest BCUT2D eigenvalue weighted by molar-refractivity contribution is 5.83. The van der Waals surface area contributed by atoms with E-state index < -0.39 is 0 Å². The molecule has 0 aliphatic heterocycles. The number of para-hydroxylation sites is 1. The summed E-state index contributed by atoms with van der Waals surface area (Å²) in [7, 11) is 0. The smallest absolute Gasteiger partial charge is 0.127 e. The first kappa shape index (κ1) is 11.8. The van der Waals surface area contributed by atoms with Gasteiger partial charge in [0.05, 0.1) is 0 Å². The minimum absolute atomic E-state index is 0.339. The summed E-state index contributed by atoms with van der Waals surface area (Å²) < 4.78 is 0. The zero-order valence-corrected chi connectivity index (χ0v) is 9.70. The fraction of sp³-hybridized carbons (Fsp3) is 0.462. The molecule has 2 heteroatoms. The standard InChI is InChI=1S/C13H19NO/c1-10(2)7-8-14-9-12-6-4-5-11(3)13(12)15/h4-6,9-10,15H,7-8H2,1-3H3. The fourth-order valence-corrected chi connectivity index (χ4v) is 1.28. The minimum atomic E-state index is 0.339. The molecule has 0 atom stereocenters. The average Bonchev–Trinajstić information content (AvgIpc) is 2.18. The summed E-state index contributed by atoms with van der Waals surface area (Å²) in [5.74, 6) is 1.01. The maximum atomic E-state index is 9.71. The van der Waals surface area contributed by atoms with Gasteiger partial charge in [0.1, 0.15) is 5.75 Å². The predicted octanol–water partition coefficient (Wildman–Crippen LogP) is 3.17. The summed E-state index contributed by atoms with van der Waals surface area (Å²) >= 11 is 0. The van der Waals surface area contributed by atoms with Gasteiger partial charge < -0.3 is 5.11 Å². The van der Waals surface area contributed by atoms with E-state index in [0.29, 0.717) is 11.7 Å². The highest BCUT2D eigenvalue weighted by Gasteiger charge is 1.99. The fourth-order valence-electron chi connectivity index (χ4n) is 1.28. The summed E-state index contributed by atoms with van der Waals surface area (Å²) in [6.45, 7) is 7.07. The molecule has 0 aliphatic rings. The van der Waals surface area contributed by atoms with Crippen LogP contribution in [0.1, 0.15) is 31.4 Å². The van der Waals surface area contributed by atoms with Crippen molar-refractivity contribution < 1.29 is 5.11 Å². The van der Waals surface area contributed by atoms with Crippen LogP contribution in [0.3, 0.4) is 0 Å². The average molecular weight is 205 g/mol. The Kier molecular flexibility index (Phi) is 4.35. The molecular formula is C13H19NO. The Bertz CT molecular complexity index is 342. The van der Waals surface area contributed by atoms with E-state index >= 15 is 0 Å². The summed E-state index contributed by atoms with van der Waals surface area (Å²) in [5, 5.41) is 9.71. The zero-order chi connectivity index (χ0) is 11.3. The lowest BCUT2D eigenvalue weighted by Gasteiger charge is -2.02. The molecule has 1 aromatic carbocycles. The molecule has 0 spiro atoms.